The molecule has 0 aliphatic rings. The molecule has 0 unspecified atom stereocenters. The molecule has 2 aromatic carbocycles. The third kappa shape index (κ3) is 4.94. The number of ether oxygens (including phenoxy) is 1. The first-order valence-corrected chi connectivity index (χ1v) is 9.21. The van der Waals surface area contributed by atoms with E-state index in [-0.39, 0.29) is 22.3 Å². The number of H-pyrrole nitrogens is 2. The van der Waals surface area contributed by atoms with Gasteiger partial charge >= 0.3 is 0 Å². The Morgan fingerprint density at radius 2 is 1.58 bits per heavy atom. The Balaban J connectivity index is 1.67. The first kappa shape index (κ1) is 19.8. The lowest BCUT2D eigenvalue weighted by Crippen LogP contribution is -2.46. The number of rotatable bonds is 4. The standard InChI is InChI=1S/C23H16FN3O4/c24-15-4-8-18(9-5-15)31-19-3-1-2-14(10-19)11-20-22(29)27-21(23(30)26-20)12-16-6-7-17(28)13-25-16/h1-13,28H,(H,26,30)(H,27,29)/b20-11-,21-12-. The number of aromatic amines is 2. The van der Waals surface area contributed by atoms with Gasteiger partial charge in [0, 0.05) is 0 Å². The Labute approximate surface area is 174 Å². The minimum Gasteiger partial charge on any atom is -0.506 e. The highest BCUT2D eigenvalue weighted by molar-refractivity contribution is 5.51. The number of benzene rings is 2. The smallest absolute Gasteiger partial charge is 0.272 e. The molecule has 4 rings (SSSR count). The van der Waals surface area contributed by atoms with Crippen molar-refractivity contribution in [1.29, 1.82) is 0 Å². The van der Waals surface area contributed by atoms with Gasteiger partial charge in [0.15, 0.2) is 0 Å². The van der Waals surface area contributed by atoms with Gasteiger partial charge < -0.3 is 19.8 Å². The first-order valence-electron chi connectivity index (χ1n) is 9.21. The quantitative estimate of drug-likeness (QED) is 0.469. The molecule has 0 saturated heterocycles. The van der Waals surface area contributed by atoms with Crippen molar-refractivity contribution in [1.82, 2.24) is 15.0 Å². The number of halogens is 1. The van der Waals surface area contributed by atoms with E-state index < -0.39 is 11.1 Å². The molecule has 0 aliphatic carbocycles. The van der Waals surface area contributed by atoms with Gasteiger partial charge in [-0.2, -0.15) is 0 Å². The lowest BCUT2D eigenvalue weighted by Gasteiger charge is -2.06. The van der Waals surface area contributed by atoms with Crippen LogP contribution in [0.1, 0.15) is 11.3 Å². The maximum atomic E-state index is 13.0. The Kier molecular flexibility index (Phi) is 5.44. The number of hydrogen-bond acceptors (Lipinski definition) is 5. The summed E-state index contributed by atoms with van der Waals surface area (Å²) in [4.78, 5) is 33.9. The molecule has 0 amide bonds. The molecule has 3 N–H and O–H groups in total. The molecule has 154 valence electrons. The zero-order chi connectivity index (χ0) is 21.8. The van der Waals surface area contributed by atoms with E-state index in [2.05, 4.69) is 15.0 Å². The van der Waals surface area contributed by atoms with Crippen LogP contribution < -0.4 is 26.6 Å². The molecular formula is C23H16FN3O4. The van der Waals surface area contributed by atoms with Crippen molar-refractivity contribution in [3.63, 3.8) is 0 Å². The number of hydrogen-bond donors (Lipinski definition) is 3. The zero-order valence-electron chi connectivity index (χ0n) is 16.0. The summed E-state index contributed by atoms with van der Waals surface area (Å²) < 4.78 is 18.7. The van der Waals surface area contributed by atoms with Gasteiger partial charge in [0.25, 0.3) is 11.1 Å². The van der Waals surface area contributed by atoms with Crippen molar-refractivity contribution in [2.45, 2.75) is 0 Å². The van der Waals surface area contributed by atoms with Crippen molar-refractivity contribution in [3.05, 3.63) is 115 Å². The predicted octanol–water partition coefficient (Wildman–Crippen LogP) is 1.75. The average molecular weight is 417 g/mol. The molecule has 0 saturated carbocycles. The lowest BCUT2D eigenvalue weighted by molar-refractivity contribution is 0.472. The van der Waals surface area contributed by atoms with Crippen molar-refractivity contribution in [3.8, 4) is 17.2 Å². The highest BCUT2D eigenvalue weighted by Crippen LogP contribution is 2.22. The Morgan fingerprint density at radius 3 is 2.26 bits per heavy atom. The molecule has 0 fully saturated rings. The van der Waals surface area contributed by atoms with Gasteiger partial charge in [0.2, 0.25) is 0 Å². The maximum absolute atomic E-state index is 13.0. The summed E-state index contributed by atoms with van der Waals surface area (Å²) in [6.07, 6.45) is 4.15. The topological polar surface area (TPSA) is 108 Å². The van der Waals surface area contributed by atoms with Gasteiger partial charge in [-0.05, 0) is 66.2 Å². The summed E-state index contributed by atoms with van der Waals surface area (Å²) in [6.45, 7) is 0. The van der Waals surface area contributed by atoms with Gasteiger partial charge in [-0.25, -0.2) is 4.39 Å². The Bertz CT molecular complexity index is 1460. The second kappa shape index (κ2) is 8.50. The molecule has 0 bridgehead atoms. The fourth-order valence-electron chi connectivity index (χ4n) is 2.80. The van der Waals surface area contributed by atoms with E-state index in [0.717, 1.165) is 0 Å². The number of aromatic nitrogens is 3. The van der Waals surface area contributed by atoms with Crippen LogP contribution in [0.25, 0.3) is 12.2 Å². The van der Waals surface area contributed by atoms with Gasteiger partial charge in [-0.15, -0.1) is 0 Å². The zero-order valence-corrected chi connectivity index (χ0v) is 16.0. The SMILES string of the molecule is O=c1[nH]/c(=C\c2ccc(O)cn2)c(=O)[nH]/c1=C\c1cccc(Oc2ccc(F)cc2)c1. The van der Waals surface area contributed by atoms with Crippen LogP contribution >= 0.6 is 0 Å². The predicted molar refractivity (Wildman–Crippen MR) is 113 cm³/mol. The van der Waals surface area contributed by atoms with Gasteiger partial charge in [0.1, 0.15) is 33.8 Å². The highest BCUT2D eigenvalue weighted by Gasteiger charge is 2.01. The third-order valence-electron chi connectivity index (χ3n) is 4.27. The second-order valence-corrected chi connectivity index (χ2v) is 6.59. The summed E-state index contributed by atoms with van der Waals surface area (Å²) in [6, 6.07) is 15.4. The summed E-state index contributed by atoms with van der Waals surface area (Å²) in [5, 5.41) is 9.39. The van der Waals surface area contributed by atoms with Crippen LogP contribution in [0.15, 0.2) is 76.4 Å². The minimum atomic E-state index is -0.501. The number of nitrogens with one attached hydrogen (secondary N) is 2. The molecule has 2 heterocycles. The van der Waals surface area contributed by atoms with E-state index in [1.54, 1.807) is 24.3 Å². The largest absolute Gasteiger partial charge is 0.506 e. The molecule has 0 aliphatic heterocycles. The van der Waals surface area contributed by atoms with Crippen LogP contribution in [0.4, 0.5) is 4.39 Å². The summed E-state index contributed by atoms with van der Waals surface area (Å²) >= 11 is 0. The van der Waals surface area contributed by atoms with Crippen LogP contribution in [-0.2, 0) is 0 Å². The van der Waals surface area contributed by atoms with E-state index in [9.17, 15) is 19.1 Å². The van der Waals surface area contributed by atoms with E-state index in [1.165, 1.54) is 54.7 Å². The van der Waals surface area contributed by atoms with Crippen LogP contribution in [0.5, 0.6) is 17.2 Å². The van der Waals surface area contributed by atoms with Crippen molar-refractivity contribution >= 4 is 12.2 Å². The van der Waals surface area contributed by atoms with Crippen LogP contribution in [0.2, 0.25) is 0 Å². The van der Waals surface area contributed by atoms with Gasteiger partial charge in [-0.3, -0.25) is 14.6 Å². The van der Waals surface area contributed by atoms with Crippen LogP contribution in [-0.4, -0.2) is 20.1 Å². The molecule has 0 spiro atoms. The van der Waals surface area contributed by atoms with Crippen LogP contribution in [0, 0.1) is 5.82 Å². The van der Waals surface area contributed by atoms with E-state index >= 15 is 0 Å². The normalized spacial score (nSPS) is 12.2. The molecule has 8 heteroatoms. The summed E-state index contributed by atoms with van der Waals surface area (Å²) in [7, 11) is 0. The maximum Gasteiger partial charge on any atom is 0.272 e. The number of nitrogens with zero attached hydrogens (tertiary/aromatic N) is 1. The number of aromatic hydroxyl groups is 1. The number of pyridine rings is 1. The summed E-state index contributed by atoms with van der Waals surface area (Å²) in [5.41, 5.74) is 0.0351. The van der Waals surface area contributed by atoms with E-state index in [4.69, 9.17) is 4.74 Å². The monoisotopic (exact) mass is 417 g/mol. The van der Waals surface area contributed by atoms with Crippen molar-refractivity contribution in [2.75, 3.05) is 0 Å². The van der Waals surface area contributed by atoms with E-state index in [0.29, 0.717) is 22.8 Å². The van der Waals surface area contributed by atoms with Crippen molar-refractivity contribution < 1.29 is 14.2 Å². The summed E-state index contributed by atoms with van der Waals surface area (Å²) in [5.74, 6) is 0.588. The molecule has 4 aromatic rings. The molecule has 0 radical (unpaired) electrons. The Hall–Kier alpha value is -4.46. The third-order valence-corrected chi connectivity index (χ3v) is 4.27. The molecule has 0 atom stereocenters. The highest BCUT2D eigenvalue weighted by atomic mass is 19.1. The second-order valence-electron chi connectivity index (χ2n) is 6.59. The lowest BCUT2D eigenvalue weighted by atomic mass is 10.2. The first-order chi connectivity index (χ1) is 15.0. The fourth-order valence-corrected chi connectivity index (χ4v) is 2.80. The minimum absolute atomic E-state index is 0.00450. The van der Waals surface area contributed by atoms with Gasteiger partial charge in [0.05, 0.1) is 11.9 Å². The molecule has 7 nitrogen and oxygen atoms in total. The Morgan fingerprint density at radius 1 is 0.871 bits per heavy atom. The molecule has 31 heavy (non-hydrogen) atoms. The fraction of sp³-hybridized carbons (Fsp3) is 0. The van der Waals surface area contributed by atoms with Crippen molar-refractivity contribution in [2.24, 2.45) is 0 Å². The van der Waals surface area contributed by atoms with Gasteiger partial charge in [-0.1, -0.05) is 12.1 Å². The average Bonchev–Trinajstić information content (AvgIpc) is 2.75. The van der Waals surface area contributed by atoms with Crippen LogP contribution in [0.3, 0.4) is 0 Å². The molecular weight excluding hydrogens is 401 g/mol. The van der Waals surface area contributed by atoms with E-state index in [1.807, 2.05) is 0 Å². The molecule has 2 aromatic heterocycles.